The summed E-state index contributed by atoms with van der Waals surface area (Å²) >= 11 is 3.38. The number of aliphatic hydroxyl groups is 1. The molecule has 2 aliphatic heterocycles. The Morgan fingerprint density at radius 1 is 1.09 bits per heavy atom. The summed E-state index contributed by atoms with van der Waals surface area (Å²) in [6.07, 6.45) is 0. The summed E-state index contributed by atoms with van der Waals surface area (Å²) in [6, 6.07) is 10.7. The van der Waals surface area contributed by atoms with E-state index in [1.165, 1.54) is 0 Å². The normalized spacial score (nSPS) is 24.9. The number of fused-ring (bicyclic) bond motifs is 2. The summed E-state index contributed by atoms with van der Waals surface area (Å²) in [5.41, 5.74) is 1.19. The van der Waals surface area contributed by atoms with Crippen molar-refractivity contribution in [2.75, 3.05) is 10.6 Å². The van der Waals surface area contributed by atoms with E-state index in [0.717, 1.165) is 10.0 Å². The molecule has 2 aromatic rings. The first-order chi connectivity index (χ1) is 10.9. The average molecular weight is 373 g/mol. The van der Waals surface area contributed by atoms with E-state index in [0.29, 0.717) is 22.5 Å². The van der Waals surface area contributed by atoms with Crippen molar-refractivity contribution >= 4 is 39.1 Å². The van der Waals surface area contributed by atoms with Gasteiger partial charge < -0.3 is 15.7 Å². The van der Waals surface area contributed by atoms with Crippen molar-refractivity contribution in [3.05, 3.63) is 57.6 Å². The Morgan fingerprint density at radius 2 is 1.83 bits per heavy atom. The molecule has 0 aliphatic carbocycles. The van der Waals surface area contributed by atoms with E-state index in [9.17, 15) is 14.7 Å². The molecule has 0 aromatic heterocycles. The number of aryl methyl sites for hydroxylation is 1. The number of benzene rings is 2. The van der Waals surface area contributed by atoms with Crippen LogP contribution in [0.1, 0.15) is 22.6 Å². The van der Waals surface area contributed by atoms with Gasteiger partial charge in [-0.2, -0.15) is 0 Å². The third-order valence-corrected chi connectivity index (χ3v) is 4.94. The highest BCUT2D eigenvalue weighted by Gasteiger charge is 2.57. The summed E-state index contributed by atoms with van der Waals surface area (Å²) in [5, 5.41) is 16.7. The van der Waals surface area contributed by atoms with Crippen molar-refractivity contribution < 1.29 is 14.7 Å². The van der Waals surface area contributed by atoms with E-state index in [2.05, 4.69) is 26.6 Å². The van der Waals surface area contributed by atoms with E-state index in [-0.39, 0.29) is 5.91 Å². The van der Waals surface area contributed by atoms with Gasteiger partial charge in [0.15, 0.2) is 5.60 Å². The molecule has 2 heterocycles. The fraction of sp³-hybridized carbons (Fsp3) is 0.176. The van der Waals surface area contributed by atoms with Crippen LogP contribution < -0.4 is 10.6 Å². The van der Waals surface area contributed by atoms with E-state index in [1.54, 1.807) is 30.3 Å². The van der Waals surface area contributed by atoms with Gasteiger partial charge in [-0.1, -0.05) is 33.6 Å². The number of halogens is 1. The molecule has 6 heteroatoms. The molecule has 0 saturated heterocycles. The van der Waals surface area contributed by atoms with Gasteiger partial charge in [0.25, 0.3) is 5.91 Å². The minimum Gasteiger partial charge on any atom is -0.374 e. The Hall–Kier alpha value is -2.18. The maximum absolute atomic E-state index is 12.5. The topological polar surface area (TPSA) is 78.4 Å². The molecule has 0 radical (unpaired) electrons. The first kappa shape index (κ1) is 14.4. The largest absolute Gasteiger partial charge is 0.374 e. The minimum atomic E-state index is -1.92. The zero-order valence-electron chi connectivity index (χ0n) is 12.2. The molecule has 4 rings (SSSR count). The Bertz CT molecular complexity index is 880. The third-order valence-electron chi connectivity index (χ3n) is 4.44. The second-order valence-corrected chi connectivity index (χ2v) is 6.84. The van der Waals surface area contributed by atoms with Gasteiger partial charge in [-0.05, 0) is 36.8 Å². The van der Waals surface area contributed by atoms with Gasteiger partial charge in [0, 0.05) is 21.4 Å². The summed E-state index contributed by atoms with van der Waals surface area (Å²) in [7, 11) is 0. The van der Waals surface area contributed by atoms with Crippen LogP contribution in [0.2, 0.25) is 0 Å². The number of hydrogen-bond acceptors (Lipinski definition) is 3. The first-order valence-electron chi connectivity index (χ1n) is 7.16. The van der Waals surface area contributed by atoms with Crippen LogP contribution in [0.15, 0.2) is 40.9 Å². The molecule has 2 aromatic carbocycles. The lowest BCUT2D eigenvalue weighted by molar-refractivity contribution is -0.141. The lowest BCUT2D eigenvalue weighted by Crippen LogP contribution is -2.43. The number of hydrogen-bond donors (Lipinski definition) is 3. The Balaban J connectivity index is 1.95. The predicted molar refractivity (Wildman–Crippen MR) is 89.2 cm³/mol. The molecule has 23 heavy (non-hydrogen) atoms. The molecule has 3 N–H and O–H groups in total. The van der Waals surface area contributed by atoms with E-state index < -0.39 is 17.4 Å². The number of carbonyl (C=O) groups is 2. The van der Waals surface area contributed by atoms with Gasteiger partial charge in [-0.3, -0.25) is 9.59 Å². The van der Waals surface area contributed by atoms with Crippen molar-refractivity contribution in [3.63, 3.8) is 0 Å². The third kappa shape index (κ3) is 1.88. The van der Waals surface area contributed by atoms with Crippen LogP contribution >= 0.6 is 15.9 Å². The molecule has 0 saturated carbocycles. The van der Waals surface area contributed by atoms with Crippen LogP contribution in [0.4, 0.5) is 11.4 Å². The summed E-state index contributed by atoms with van der Waals surface area (Å²) in [4.78, 5) is 25.0. The van der Waals surface area contributed by atoms with Crippen molar-refractivity contribution in [2.24, 2.45) is 0 Å². The first-order valence-corrected chi connectivity index (χ1v) is 7.96. The van der Waals surface area contributed by atoms with Gasteiger partial charge in [-0.15, -0.1) is 0 Å². The smallest absolute Gasteiger partial charge is 0.262 e. The van der Waals surface area contributed by atoms with Crippen LogP contribution in [0.5, 0.6) is 0 Å². The van der Waals surface area contributed by atoms with Crippen molar-refractivity contribution in [3.8, 4) is 0 Å². The van der Waals surface area contributed by atoms with Crippen LogP contribution in [-0.2, 0) is 15.2 Å². The lowest BCUT2D eigenvalue weighted by Gasteiger charge is -2.27. The number of carbonyl (C=O) groups excluding carboxylic acids is 2. The highest BCUT2D eigenvalue weighted by Crippen LogP contribution is 2.50. The van der Waals surface area contributed by atoms with Crippen molar-refractivity contribution in [2.45, 2.75) is 18.4 Å². The maximum atomic E-state index is 12.5. The van der Waals surface area contributed by atoms with Gasteiger partial charge >= 0.3 is 0 Å². The molecule has 0 bridgehead atoms. The van der Waals surface area contributed by atoms with Crippen LogP contribution in [-0.4, -0.2) is 16.9 Å². The number of nitrogens with one attached hydrogen (secondary N) is 2. The molecule has 2 amide bonds. The molecule has 2 aliphatic rings. The zero-order chi connectivity index (χ0) is 16.4. The fourth-order valence-electron chi connectivity index (χ4n) is 3.36. The van der Waals surface area contributed by atoms with Crippen molar-refractivity contribution in [1.29, 1.82) is 0 Å². The SMILES string of the molecule is Cc1ccc2c(c1)[C@@](O)([C@H]1C(=O)Nc3ccc(Br)cc31)C(=O)N2. The molecule has 0 fully saturated rings. The summed E-state index contributed by atoms with van der Waals surface area (Å²) in [6.45, 7) is 1.88. The molecule has 5 nitrogen and oxygen atoms in total. The second kappa shape index (κ2) is 4.66. The Morgan fingerprint density at radius 3 is 2.61 bits per heavy atom. The van der Waals surface area contributed by atoms with Gasteiger partial charge in [0.1, 0.15) is 5.92 Å². The standard InChI is InChI=1S/C17H13BrN2O3/c1-8-2-4-13-11(6-8)17(23,16(22)20-13)14-10-7-9(18)3-5-12(10)19-15(14)21/h2-7,14,23H,1H3,(H,19,21)(H,20,22)/t14-,17-/m1/s1. The molecule has 2 atom stereocenters. The summed E-state index contributed by atoms with van der Waals surface area (Å²) < 4.78 is 0.782. The van der Waals surface area contributed by atoms with Crippen molar-refractivity contribution in [1.82, 2.24) is 0 Å². The second-order valence-electron chi connectivity index (χ2n) is 5.92. The summed E-state index contributed by atoms with van der Waals surface area (Å²) in [5.74, 6) is -1.95. The minimum absolute atomic E-state index is 0.384. The molecule has 116 valence electrons. The molecular formula is C17H13BrN2O3. The fourth-order valence-corrected chi connectivity index (χ4v) is 3.73. The van der Waals surface area contributed by atoms with E-state index >= 15 is 0 Å². The van der Waals surface area contributed by atoms with Gasteiger partial charge in [0.05, 0.1) is 0 Å². The van der Waals surface area contributed by atoms with E-state index in [1.807, 2.05) is 13.0 Å². The monoisotopic (exact) mass is 372 g/mol. The van der Waals surface area contributed by atoms with Gasteiger partial charge in [0.2, 0.25) is 5.91 Å². The predicted octanol–water partition coefficient (Wildman–Crippen LogP) is 2.63. The number of rotatable bonds is 1. The van der Waals surface area contributed by atoms with Crippen LogP contribution in [0, 0.1) is 6.92 Å². The molecule has 0 unspecified atom stereocenters. The highest BCUT2D eigenvalue weighted by molar-refractivity contribution is 9.10. The van der Waals surface area contributed by atoms with Crippen LogP contribution in [0.3, 0.4) is 0 Å². The lowest BCUT2D eigenvalue weighted by atomic mass is 9.78. The maximum Gasteiger partial charge on any atom is 0.262 e. The van der Waals surface area contributed by atoms with Gasteiger partial charge in [-0.25, -0.2) is 0 Å². The van der Waals surface area contributed by atoms with Crippen LogP contribution in [0.25, 0.3) is 0 Å². The quantitative estimate of drug-likeness (QED) is 0.719. The Labute approximate surface area is 140 Å². The molecular weight excluding hydrogens is 360 g/mol. The number of amides is 2. The van der Waals surface area contributed by atoms with E-state index in [4.69, 9.17) is 0 Å². The highest BCUT2D eigenvalue weighted by atomic mass is 79.9. The Kier molecular flexibility index (Phi) is 2.92. The zero-order valence-corrected chi connectivity index (χ0v) is 13.8. The molecule has 0 spiro atoms. The number of anilines is 2. The average Bonchev–Trinajstić information content (AvgIpc) is 2.95.